The smallest absolute Gasteiger partial charge is 0.355 e. The van der Waals surface area contributed by atoms with Gasteiger partial charge in [-0.05, 0) is 6.92 Å². The third-order valence-corrected chi connectivity index (χ3v) is 2.55. The van der Waals surface area contributed by atoms with Crippen molar-refractivity contribution in [2.45, 2.75) is 13.0 Å². The molecule has 8 nitrogen and oxygen atoms in total. The Morgan fingerprint density at radius 3 is 2.11 bits per heavy atom. The number of hydrogen-bond donors (Lipinski definition) is 2. The van der Waals surface area contributed by atoms with Gasteiger partial charge in [0.2, 0.25) is 0 Å². The molecule has 1 unspecified atom stereocenters. The van der Waals surface area contributed by atoms with Crippen molar-refractivity contribution < 1.29 is 29.4 Å². The van der Waals surface area contributed by atoms with Gasteiger partial charge in [0.25, 0.3) is 11.8 Å². The lowest BCUT2D eigenvalue weighted by atomic mass is 10.3. The molecule has 2 amide bonds. The summed E-state index contributed by atoms with van der Waals surface area (Å²) in [5.41, 5.74) is 0. The highest BCUT2D eigenvalue weighted by Gasteiger charge is 2.31. The molecule has 0 aromatic carbocycles. The standard InChI is InChI=1S/C11H10N2O6/c1-6(12-7(14)2-3-8(12)15)11(18)19-13-9(16)4-5-10(13)17/h2-6,14-15H,1H3. The predicted molar refractivity (Wildman–Crippen MR) is 59.6 cm³/mol. The Labute approximate surface area is 107 Å². The third-order valence-electron chi connectivity index (χ3n) is 2.55. The van der Waals surface area contributed by atoms with Gasteiger partial charge in [-0.25, -0.2) is 4.79 Å². The molecule has 0 aliphatic carbocycles. The highest BCUT2D eigenvalue weighted by Crippen LogP contribution is 2.27. The molecule has 100 valence electrons. The average molecular weight is 266 g/mol. The first-order valence-corrected chi connectivity index (χ1v) is 5.29. The van der Waals surface area contributed by atoms with E-state index in [1.807, 2.05) is 0 Å². The van der Waals surface area contributed by atoms with Crippen LogP contribution in [0, 0.1) is 0 Å². The Morgan fingerprint density at radius 1 is 1.16 bits per heavy atom. The van der Waals surface area contributed by atoms with Gasteiger partial charge in [-0.2, -0.15) is 0 Å². The zero-order chi connectivity index (χ0) is 14.2. The van der Waals surface area contributed by atoms with Gasteiger partial charge in [0, 0.05) is 24.3 Å². The molecule has 1 aliphatic rings. The normalized spacial score (nSPS) is 15.9. The minimum absolute atomic E-state index is 0.302. The minimum Gasteiger partial charge on any atom is -0.494 e. The molecule has 0 saturated heterocycles. The van der Waals surface area contributed by atoms with Crippen LogP contribution in [0.4, 0.5) is 0 Å². The molecule has 1 aromatic heterocycles. The van der Waals surface area contributed by atoms with E-state index in [2.05, 4.69) is 4.84 Å². The van der Waals surface area contributed by atoms with Crippen LogP contribution >= 0.6 is 0 Å². The lowest BCUT2D eigenvalue weighted by Crippen LogP contribution is -2.35. The van der Waals surface area contributed by atoms with Gasteiger partial charge < -0.3 is 15.1 Å². The molecule has 1 atom stereocenters. The lowest BCUT2D eigenvalue weighted by Gasteiger charge is -2.18. The summed E-state index contributed by atoms with van der Waals surface area (Å²) < 4.78 is 0.890. The molecule has 0 saturated carbocycles. The van der Waals surface area contributed by atoms with Gasteiger partial charge in [-0.1, -0.05) is 5.06 Å². The second-order valence-corrected chi connectivity index (χ2v) is 3.81. The molecule has 2 N–H and O–H groups in total. The number of hydroxylamine groups is 2. The minimum atomic E-state index is -1.11. The number of carbonyl (C=O) groups excluding carboxylic acids is 3. The molecule has 2 heterocycles. The molecule has 1 aromatic rings. The van der Waals surface area contributed by atoms with Crippen molar-refractivity contribution in [3.63, 3.8) is 0 Å². The average Bonchev–Trinajstić information content (AvgIpc) is 2.85. The zero-order valence-electron chi connectivity index (χ0n) is 9.81. The Balaban J connectivity index is 2.13. The molecule has 0 bridgehead atoms. The van der Waals surface area contributed by atoms with Crippen LogP contribution in [0.2, 0.25) is 0 Å². The molecule has 0 fully saturated rings. The second kappa shape index (κ2) is 4.48. The van der Waals surface area contributed by atoms with Crippen molar-refractivity contribution in [3.05, 3.63) is 24.3 Å². The lowest BCUT2D eigenvalue weighted by molar-refractivity contribution is -0.198. The molecular weight excluding hydrogens is 256 g/mol. The van der Waals surface area contributed by atoms with E-state index < -0.39 is 23.8 Å². The van der Waals surface area contributed by atoms with Crippen LogP contribution in [0.5, 0.6) is 11.8 Å². The number of rotatable bonds is 3. The predicted octanol–water partition coefficient (Wildman–Crippen LogP) is -0.157. The van der Waals surface area contributed by atoms with Crippen molar-refractivity contribution in [2.75, 3.05) is 0 Å². The summed E-state index contributed by atoms with van der Waals surface area (Å²) >= 11 is 0. The SMILES string of the molecule is CC(C(=O)ON1C(=O)C=CC1=O)n1c(O)ccc1O. The van der Waals surface area contributed by atoms with E-state index in [1.54, 1.807) is 0 Å². The largest absolute Gasteiger partial charge is 0.494 e. The van der Waals surface area contributed by atoms with Crippen molar-refractivity contribution in [2.24, 2.45) is 0 Å². The number of aromatic nitrogens is 1. The van der Waals surface area contributed by atoms with Crippen LogP contribution in [-0.4, -0.2) is 37.6 Å². The molecular formula is C11H10N2O6. The highest BCUT2D eigenvalue weighted by atomic mass is 16.7. The summed E-state index contributed by atoms with van der Waals surface area (Å²) in [6.45, 7) is 1.33. The first-order chi connectivity index (χ1) is 8.91. The fourth-order valence-electron chi connectivity index (χ4n) is 1.57. The monoisotopic (exact) mass is 266 g/mol. The topological polar surface area (TPSA) is 109 Å². The Hall–Kier alpha value is -2.77. The Kier molecular flexibility index (Phi) is 2.99. The van der Waals surface area contributed by atoms with E-state index in [-0.39, 0.29) is 11.8 Å². The van der Waals surface area contributed by atoms with Gasteiger partial charge in [0.1, 0.15) is 6.04 Å². The van der Waals surface area contributed by atoms with Gasteiger partial charge in [0.15, 0.2) is 11.8 Å². The molecule has 8 heteroatoms. The van der Waals surface area contributed by atoms with Gasteiger partial charge in [0.05, 0.1) is 0 Å². The molecule has 2 rings (SSSR count). The van der Waals surface area contributed by atoms with Gasteiger partial charge in [-0.15, -0.1) is 0 Å². The van der Waals surface area contributed by atoms with E-state index >= 15 is 0 Å². The number of aromatic hydroxyl groups is 2. The van der Waals surface area contributed by atoms with Crippen LogP contribution in [-0.2, 0) is 19.2 Å². The van der Waals surface area contributed by atoms with Crippen molar-refractivity contribution in [1.82, 2.24) is 9.63 Å². The van der Waals surface area contributed by atoms with Gasteiger partial charge >= 0.3 is 5.97 Å². The van der Waals surface area contributed by atoms with Gasteiger partial charge in [-0.3, -0.25) is 14.2 Å². The van der Waals surface area contributed by atoms with E-state index in [0.717, 1.165) is 16.7 Å². The van der Waals surface area contributed by atoms with E-state index in [1.165, 1.54) is 19.1 Å². The summed E-state index contributed by atoms with van der Waals surface area (Å²) in [5, 5.41) is 19.2. The maximum absolute atomic E-state index is 11.8. The maximum Gasteiger partial charge on any atom is 0.355 e. The Bertz CT molecular complexity index is 551. The highest BCUT2D eigenvalue weighted by molar-refractivity contribution is 6.12. The van der Waals surface area contributed by atoms with Crippen LogP contribution in [0.1, 0.15) is 13.0 Å². The summed E-state index contributed by atoms with van der Waals surface area (Å²) in [6.07, 6.45) is 1.93. The Morgan fingerprint density at radius 2 is 1.63 bits per heavy atom. The number of nitrogens with zero attached hydrogens (tertiary/aromatic N) is 2. The second-order valence-electron chi connectivity index (χ2n) is 3.81. The van der Waals surface area contributed by atoms with Crippen LogP contribution < -0.4 is 0 Å². The summed E-state index contributed by atoms with van der Waals surface area (Å²) in [4.78, 5) is 38.8. The first kappa shape index (κ1) is 12.7. The first-order valence-electron chi connectivity index (χ1n) is 5.29. The molecule has 19 heavy (non-hydrogen) atoms. The molecule has 0 spiro atoms. The van der Waals surface area contributed by atoms with E-state index in [9.17, 15) is 24.6 Å². The van der Waals surface area contributed by atoms with E-state index in [4.69, 9.17) is 0 Å². The molecule has 0 radical (unpaired) electrons. The van der Waals surface area contributed by atoms with Crippen LogP contribution in [0.25, 0.3) is 0 Å². The third kappa shape index (κ3) is 2.15. The summed E-state index contributed by atoms with van der Waals surface area (Å²) in [6, 6.07) is 1.26. The van der Waals surface area contributed by atoms with E-state index in [0.29, 0.717) is 5.06 Å². The molecule has 1 aliphatic heterocycles. The number of imide groups is 1. The van der Waals surface area contributed by atoms with Crippen molar-refractivity contribution in [1.29, 1.82) is 0 Å². The number of amides is 2. The van der Waals surface area contributed by atoms with Crippen molar-refractivity contribution >= 4 is 17.8 Å². The zero-order valence-corrected chi connectivity index (χ0v) is 9.81. The van der Waals surface area contributed by atoms with Crippen LogP contribution in [0.15, 0.2) is 24.3 Å². The number of hydrogen-bond acceptors (Lipinski definition) is 6. The quantitative estimate of drug-likeness (QED) is 0.736. The summed E-state index contributed by atoms with van der Waals surface area (Å²) in [5.74, 6) is -3.22. The van der Waals surface area contributed by atoms with Crippen molar-refractivity contribution in [3.8, 4) is 11.8 Å². The summed E-state index contributed by atoms with van der Waals surface area (Å²) in [7, 11) is 0. The fourth-order valence-corrected chi connectivity index (χ4v) is 1.57. The fraction of sp³-hybridized carbons (Fsp3) is 0.182. The van der Waals surface area contributed by atoms with Crippen LogP contribution in [0.3, 0.4) is 0 Å². The maximum atomic E-state index is 11.8. The number of carbonyl (C=O) groups is 3.